The number of hydrogen-bond acceptors (Lipinski definition) is 7. The minimum atomic E-state index is -0.982. The molecule has 8 nitrogen and oxygen atoms in total. The lowest BCUT2D eigenvalue weighted by Crippen LogP contribution is -2.31. The fourth-order valence-electron chi connectivity index (χ4n) is 4.60. The number of amides is 1. The molecule has 5 rings (SSSR count). The van der Waals surface area contributed by atoms with Crippen LogP contribution in [-0.4, -0.2) is 30.0 Å². The second-order valence-electron chi connectivity index (χ2n) is 9.20. The van der Waals surface area contributed by atoms with Crippen molar-refractivity contribution in [2.75, 3.05) is 12.0 Å². The van der Waals surface area contributed by atoms with Gasteiger partial charge >= 0.3 is 0 Å². The van der Waals surface area contributed by atoms with Gasteiger partial charge in [-0.1, -0.05) is 23.7 Å². The maximum absolute atomic E-state index is 13.9. The molecular formula is C30H23ClN2O6. The van der Waals surface area contributed by atoms with E-state index in [1.807, 2.05) is 19.9 Å². The van der Waals surface area contributed by atoms with E-state index in [1.165, 1.54) is 18.1 Å². The number of aliphatic hydroxyl groups excluding tert-OH is 1. The number of hydrogen-bond donors (Lipinski definition) is 1. The molecule has 1 amide bonds. The van der Waals surface area contributed by atoms with Crippen LogP contribution in [0.4, 0.5) is 5.69 Å². The van der Waals surface area contributed by atoms with Crippen molar-refractivity contribution < 1.29 is 28.6 Å². The molecule has 4 aromatic rings. The molecule has 0 spiro atoms. The van der Waals surface area contributed by atoms with Gasteiger partial charge < -0.3 is 19.0 Å². The summed E-state index contributed by atoms with van der Waals surface area (Å²) >= 11 is 6.18. The summed E-state index contributed by atoms with van der Waals surface area (Å²) in [6.07, 6.45) is -0.0429. The van der Waals surface area contributed by atoms with Gasteiger partial charge in [0.1, 0.15) is 5.75 Å². The average Bonchev–Trinajstić information content (AvgIpc) is 3.47. The van der Waals surface area contributed by atoms with Crippen molar-refractivity contribution in [1.82, 2.24) is 0 Å². The van der Waals surface area contributed by atoms with Crippen molar-refractivity contribution in [3.8, 4) is 17.6 Å². The molecule has 1 aromatic heterocycles. The van der Waals surface area contributed by atoms with Crippen molar-refractivity contribution >= 4 is 39.9 Å². The first-order valence-electron chi connectivity index (χ1n) is 12.1. The minimum absolute atomic E-state index is 0.0429. The van der Waals surface area contributed by atoms with Crippen LogP contribution in [0.2, 0.25) is 5.02 Å². The number of aliphatic hydroxyl groups is 1. The molecule has 1 unspecified atom stereocenters. The fraction of sp³-hybridized carbons (Fsp3) is 0.167. The zero-order valence-corrected chi connectivity index (χ0v) is 22.0. The summed E-state index contributed by atoms with van der Waals surface area (Å²) in [5.41, 5.74) is 1.53. The summed E-state index contributed by atoms with van der Waals surface area (Å²) < 4.78 is 16.9. The third kappa shape index (κ3) is 4.69. The van der Waals surface area contributed by atoms with E-state index in [2.05, 4.69) is 0 Å². The van der Waals surface area contributed by atoms with Crippen LogP contribution in [0.25, 0.3) is 11.0 Å². The predicted octanol–water partition coefficient (Wildman–Crippen LogP) is 6.54. The Kier molecular flexibility index (Phi) is 6.77. The normalized spacial score (nSPS) is 15.2. The van der Waals surface area contributed by atoms with Crippen LogP contribution in [0, 0.1) is 11.3 Å². The van der Waals surface area contributed by atoms with Gasteiger partial charge in [-0.15, -0.1) is 0 Å². The van der Waals surface area contributed by atoms with Crippen LogP contribution < -0.4 is 14.4 Å². The molecule has 39 heavy (non-hydrogen) atoms. The minimum Gasteiger partial charge on any atom is -0.503 e. The van der Waals surface area contributed by atoms with Crippen LogP contribution in [0.5, 0.6) is 11.5 Å². The third-order valence-electron chi connectivity index (χ3n) is 6.29. The summed E-state index contributed by atoms with van der Waals surface area (Å²) in [7, 11) is 1.46. The number of benzene rings is 3. The molecule has 2 heterocycles. The number of anilines is 1. The highest BCUT2D eigenvalue weighted by Crippen LogP contribution is 2.43. The van der Waals surface area contributed by atoms with Gasteiger partial charge in [0.2, 0.25) is 5.78 Å². The molecule has 0 saturated heterocycles. The molecule has 196 valence electrons. The maximum atomic E-state index is 13.9. The number of carbonyl (C=O) groups is 2. The Labute approximate surface area is 229 Å². The van der Waals surface area contributed by atoms with Crippen molar-refractivity contribution in [1.29, 1.82) is 5.26 Å². The molecule has 0 radical (unpaired) electrons. The van der Waals surface area contributed by atoms with Crippen molar-refractivity contribution in [3.05, 3.63) is 100.0 Å². The Morgan fingerprint density at radius 1 is 1.10 bits per heavy atom. The van der Waals surface area contributed by atoms with Crippen molar-refractivity contribution in [2.45, 2.75) is 26.0 Å². The van der Waals surface area contributed by atoms with E-state index in [4.69, 9.17) is 25.5 Å². The highest BCUT2D eigenvalue weighted by Gasteiger charge is 2.45. The number of fused-ring (bicyclic) bond motifs is 1. The largest absolute Gasteiger partial charge is 0.503 e. The fourth-order valence-corrected chi connectivity index (χ4v) is 4.82. The predicted molar refractivity (Wildman–Crippen MR) is 145 cm³/mol. The zero-order valence-electron chi connectivity index (χ0n) is 21.3. The van der Waals surface area contributed by atoms with Gasteiger partial charge in [0.25, 0.3) is 5.91 Å². The number of nitrogens with zero attached hydrogens (tertiary/aromatic N) is 2. The van der Waals surface area contributed by atoms with E-state index in [-0.39, 0.29) is 17.4 Å². The van der Waals surface area contributed by atoms with Gasteiger partial charge in [-0.25, -0.2) is 0 Å². The van der Waals surface area contributed by atoms with E-state index in [0.29, 0.717) is 44.3 Å². The molecule has 0 fully saturated rings. The topological polar surface area (TPSA) is 113 Å². The van der Waals surface area contributed by atoms with E-state index in [0.717, 1.165) is 0 Å². The van der Waals surface area contributed by atoms with Crippen LogP contribution in [-0.2, 0) is 4.79 Å². The quantitative estimate of drug-likeness (QED) is 0.264. The Balaban J connectivity index is 1.63. The molecule has 1 N–H and O–H groups in total. The van der Waals surface area contributed by atoms with Gasteiger partial charge in [0, 0.05) is 22.2 Å². The zero-order chi connectivity index (χ0) is 27.8. The van der Waals surface area contributed by atoms with Crippen molar-refractivity contribution in [2.24, 2.45) is 0 Å². The van der Waals surface area contributed by atoms with E-state index >= 15 is 0 Å². The lowest BCUT2D eigenvalue weighted by molar-refractivity contribution is -0.117. The van der Waals surface area contributed by atoms with Gasteiger partial charge in [-0.3, -0.25) is 14.5 Å². The Morgan fingerprint density at radius 3 is 2.41 bits per heavy atom. The highest BCUT2D eigenvalue weighted by molar-refractivity contribution is 6.31. The van der Waals surface area contributed by atoms with Crippen LogP contribution in [0.3, 0.4) is 0 Å². The first kappa shape index (κ1) is 25.9. The number of ketones is 1. The molecule has 0 bridgehead atoms. The molecule has 1 atom stereocenters. The summed E-state index contributed by atoms with van der Waals surface area (Å²) in [6, 6.07) is 19.0. The molecule has 1 aliphatic rings. The number of methoxy groups -OCH3 is 1. The number of halogens is 1. The second kappa shape index (κ2) is 10.2. The molecular weight excluding hydrogens is 520 g/mol. The van der Waals surface area contributed by atoms with Crippen LogP contribution in [0.15, 0.2) is 82.5 Å². The summed E-state index contributed by atoms with van der Waals surface area (Å²) in [6.45, 7) is 3.81. The lowest BCUT2D eigenvalue weighted by Gasteiger charge is -2.27. The molecule has 9 heteroatoms. The average molecular weight is 543 g/mol. The van der Waals surface area contributed by atoms with Crippen LogP contribution in [0.1, 0.15) is 41.6 Å². The highest BCUT2D eigenvalue weighted by atomic mass is 35.5. The van der Waals surface area contributed by atoms with Gasteiger partial charge in [-0.05, 0) is 67.9 Å². The Hall–Kier alpha value is -4.74. The molecule has 3 aromatic carbocycles. The van der Waals surface area contributed by atoms with E-state index < -0.39 is 23.5 Å². The lowest BCUT2D eigenvalue weighted by atomic mass is 9.94. The molecule has 1 aliphatic heterocycles. The second-order valence-corrected chi connectivity index (χ2v) is 9.64. The third-order valence-corrected chi connectivity index (χ3v) is 6.50. The van der Waals surface area contributed by atoms with Crippen molar-refractivity contribution in [3.63, 3.8) is 0 Å². The number of carbonyl (C=O) groups excluding carboxylic acids is 2. The summed E-state index contributed by atoms with van der Waals surface area (Å²) in [4.78, 5) is 28.6. The SMILES string of the molecule is COc1cc(Cl)cc2cc(C(=O)C3=C(O)C(=O)N(c4ccc(C#N)cc4)C3c3ccc(OC(C)C)cc3)oc12. The number of furan rings is 1. The summed E-state index contributed by atoms with van der Waals surface area (Å²) in [5, 5.41) is 21.2. The monoisotopic (exact) mass is 542 g/mol. The maximum Gasteiger partial charge on any atom is 0.294 e. The number of rotatable bonds is 7. The van der Waals surface area contributed by atoms with E-state index in [9.17, 15) is 20.0 Å². The first-order valence-corrected chi connectivity index (χ1v) is 12.4. The summed E-state index contributed by atoms with van der Waals surface area (Å²) in [5.74, 6) is -1.25. The van der Waals surface area contributed by atoms with Gasteiger partial charge in [0.15, 0.2) is 22.9 Å². The van der Waals surface area contributed by atoms with Crippen LogP contribution >= 0.6 is 11.6 Å². The Bertz CT molecular complexity index is 1660. The first-order chi connectivity index (χ1) is 18.7. The molecule has 0 aliphatic carbocycles. The smallest absolute Gasteiger partial charge is 0.294 e. The van der Waals surface area contributed by atoms with Gasteiger partial charge in [-0.2, -0.15) is 5.26 Å². The van der Waals surface area contributed by atoms with Gasteiger partial charge in [0.05, 0.1) is 36.5 Å². The standard InChI is InChI=1S/C30H23ClN2O6/c1-16(2)38-22-10-6-18(7-11-22)26-25(28(35)30(36)33(26)21-8-4-17(15-32)5-9-21)27(34)23-13-19-12-20(31)14-24(37-3)29(19)39-23/h4-14,16,26,35H,1-3H3. The number of Topliss-reactive ketones (excluding diaryl/α,β-unsaturated/α-hetero) is 1. The Morgan fingerprint density at radius 2 is 1.79 bits per heavy atom. The van der Waals surface area contributed by atoms with E-state index in [1.54, 1.807) is 60.7 Å². The number of ether oxygens (including phenoxy) is 2. The molecule has 0 saturated carbocycles. The number of nitriles is 1.